The largest absolute Gasteiger partial charge is 0.394 e. The summed E-state index contributed by atoms with van der Waals surface area (Å²) in [6, 6.07) is 1.78. The minimum absolute atomic E-state index is 0.143. The van der Waals surface area contributed by atoms with Crippen LogP contribution in [0.4, 0.5) is 5.82 Å². The maximum atomic E-state index is 9.13. The lowest BCUT2D eigenvalue weighted by Gasteiger charge is -2.15. The molecule has 14 heavy (non-hydrogen) atoms. The van der Waals surface area contributed by atoms with Crippen LogP contribution in [0.3, 0.4) is 0 Å². The van der Waals surface area contributed by atoms with Crippen molar-refractivity contribution in [3.63, 3.8) is 0 Å². The van der Waals surface area contributed by atoms with E-state index in [1.807, 2.05) is 0 Å². The predicted octanol–water partition coefficient (Wildman–Crippen LogP) is 2.43. The fourth-order valence-corrected chi connectivity index (χ4v) is 1.97. The van der Waals surface area contributed by atoms with Gasteiger partial charge >= 0.3 is 0 Å². The molecular formula is C9H10BrClN2O. The van der Waals surface area contributed by atoms with E-state index < -0.39 is 0 Å². The number of nitrogens with zero attached hydrogens (tertiary/aromatic N) is 1. The third-order valence-corrected chi connectivity index (χ3v) is 3.16. The van der Waals surface area contributed by atoms with Gasteiger partial charge in [0.15, 0.2) is 0 Å². The number of anilines is 1. The van der Waals surface area contributed by atoms with Crippen LogP contribution < -0.4 is 5.32 Å². The number of rotatable bonds is 3. The van der Waals surface area contributed by atoms with E-state index in [9.17, 15) is 0 Å². The zero-order chi connectivity index (χ0) is 10.2. The van der Waals surface area contributed by atoms with Crippen LogP contribution in [0.15, 0.2) is 16.7 Å². The highest BCUT2D eigenvalue weighted by Gasteiger charge is 2.42. The maximum Gasteiger partial charge on any atom is 0.140 e. The lowest BCUT2D eigenvalue weighted by molar-refractivity contribution is 0.266. The summed E-state index contributed by atoms with van der Waals surface area (Å²) < 4.78 is 0.824. The molecule has 2 rings (SSSR count). The molecule has 0 aliphatic heterocycles. The molecule has 0 radical (unpaired) electrons. The zero-order valence-corrected chi connectivity index (χ0v) is 9.77. The molecule has 1 fully saturated rings. The van der Waals surface area contributed by atoms with E-state index in [0.717, 1.165) is 23.1 Å². The van der Waals surface area contributed by atoms with Crippen molar-refractivity contribution in [1.82, 2.24) is 4.98 Å². The van der Waals surface area contributed by atoms with Crippen molar-refractivity contribution in [3.05, 3.63) is 21.8 Å². The van der Waals surface area contributed by atoms with E-state index in [-0.39, 0.29) is 12.1 Å². The summed E-state index contributed by atoms with van der Waals surface area (Å²) in [6.45, 7) is 0.143. The SMILES string of the molecule is OCC1(Nc2ncc(Cl)cc2Br)CC1. The standard InChI is InChI=1S/C9H10BrClN2O/c10-7-3-6(11)4-12-8(7)13-9(5-14)1-2-9/h3-4,14H,1-2,5H2,(H,12,13). The number of aromatic nitrogens is 1. The molecule has 2 N–H and O–H groups in total. The van der Waals surface area contributed by atoms with Gasteiger partial charge < -0.3 is 10.4 Å². The molecule has 1 aliphatic rings. The van der Waals surface area contributed by atoms with Crippen molar-refractivity contribution in [3.8, 4) is 0 Å². The average molecular weight is 278 g/mol. The van der Waals surface area contributed by atoms with Gasteiger partial charge in [-0.3, -0.25) is 0 Å². The van der Waals surface area contributed by atoms with E-state index >= 15 is 0 Å². The van der Waals surface area contributed by atoms with Gasteiger partial charge in [0.25, 0.3) is 0 Å². The third kappa shape index (κ3) is 2.02. The molecule has 0 saturated heterocycles. The van der Waals surface area contributed by atoms with Gasteiger partial charge in [0, 0.05) is 6.20 Å². The minimum Gasteiger partial charge on any atom is -0.394 e. The molecule has 1 aromatic rings. The second kappa shape index (κ2) is 3.68. The van der Waals surface area contributed by atoms with Crippen LogP contribution in [-0.2, 0) is 0 Å². The molecule has 5 heteroatoms. The van der Waals surface area contributed by atoms with Gasteiger partial charge in [0.05, 0.1) is 21.6 Å². The number of halogens is 2. The van der Waals surface area contributed by atoms with Gasteiger partial charge in [-0.15, -0.1) is 0 Å². The fraction of sp³-hybridized carbons (Fsp3) is 0.444. The van der Waals surface area contributed by atoms with E-state index in [1.54, 1.807) is 12.3 Å². The maximum absolute atomic E-state index is 9.13. The summed E-state index contributed by atoms with van der Waals surface area (Å²) in [5.41, 5.74) is -0.149. The Labute approximate surface area is 95.6 Å². The van der Waals surface area contributed by atoms with E-state index in [1.165, 1.54) is 0 Å². The van der Waals surface area contributed by atoms with Crippen molar-refractivity contribution in [1.29, 1.82) is 0 Å². The first-order valence-electron chi connectivity index (χ1n) is 4.35. The predicted molar refractivity (Wildman–Crippen MR) is 59.6 cm³/mol. The first-order chi connectivity index (χ1) is 6.65. The van der Waals surface area contributed by atoms with E-state index in [4.69, 9.17) is 16.7 Å². The summed E-state index contributed by atoms with van der Waals surface area (Å²) in [5, 5.41) is 12.9. The molecule has 1 saturated carbocycles. The normalized spacial score (nSPS) is 17.9. The summed E-state index contributed by atoms with van der Waals surface area (Å²) in [7, 11) is 0. The Bertz CT molecular complexity index is 355. The highest BCUT2D eigenvalue weighted by Crippen LogP contribution is 2.39. The molecular weight excluding hydrogens is 267 g/mol. The second-order valence-electron chi connectivity index (χ2n) is 3.55. The Hall–Kier alpha value is -0.320. The Morgan fingerprint density at radius 1 is 1.64 bits per heavy atom. The van der Waals surface area contributed by atoms with Crippen molar-refractivity contribution in [2.24, 2.45) is 0 Å². The van der Waals surface area contributed by atoms with Gasteiger partial charge in [0.2, 0.25) is 0 Å². The van der Waals surface area contributed by atoms with Crippen molar-refractivity contribution in [2.45, 2.75) is 18.4 Å². The summed E-state index contributed by atoms with van der Waals surface area (Å²) in [5.74, 6) is 0.737. The quantitative estimate of drug-likeness (QED) is 0.892. The van der Waals surface area contributed by atoms with Crippen LogP contribution in [0.5, 0.6) is 0 Å². The summed E-state index contributed by atoms with van der Waals surface area (Å²) in [4.78, 5) is 4.15. The third-order valence-electron chi connectivity index (χ3n) is 2.35. The summed E-state index contributed by atoms with van der Waals surface area (Å²) >= 11 is 9.13. The smallest absolute Gasteiger partial charge is 0.140 e. The van der Waals surface area contributed by atoms with Gasteiger partial charge in [-0.1, -0.05) is 11.6 Å². The first-order valence-corrected chi connectivity index (χ1v) is 5.52. The zero-order valence-electron chi connectivity index (χ0n) is 7.43. The first kappa shape index (κ1) is 10.2. The van der Waals surface area contributed by atoms with Gasteiger partial charge in [-0.25, -0.2) is 4.98 Å². The topological polar surface area (TPSA) is 45.1 Å². The van der Waals surface area contributed by atoms with Gasteiger partial charge in [0.1, 0.15) is 5.82 Å². The van der Waals surface area contributed by atoms with Crippen molar-refractivity contribution < 1.29 is 5.11 Å². The molecule has 1 aliphatic carbocycles. The van der Waals surface area contributed by atoms with Crippen molar-refractivity contribution in [2.75, 3.05) is 11.9 Å². The molecule has 0 aromatic carbocycles. The molecule has 1 aromatic heterocycles. The summed E-state index contributed by atoms with van der Waals surface area (Å²) in [6.07, 6.45) is 3.56. The fourth-order valence-electron chi connectivity index (χ4n) is 1.23. The molecule has 0 unspecified atom stereocenters. The number of pyridine rings is 1. The number of nitrogens with one attached hydrogen (secondary N) is 1. The molecule has 0 spiro atoms. The van der Waals surface area contributed by atoms with Crippen molar-refractivity contribution >= 4 is 33.3 Å². The lowest BCUT2D eigenvalue weighted by Crippen LogP contribution is -2.26. The monoisotopic (exact) mass is 276 g/mol. The van der Waals surface area contributed by atoms with Gasteiger partial charge in [-0.05, 0) is 34.8 Å². The van der Waals surface area contributed by atoms with Crippen LogP contribution in [0.25, 0.3) is 0 Å². The molecule has 0 amide bonds. The minimum atomic E-state index is -0.149. The average Bonchev–Trinajstić information content (AvgIpc) is 2.91. The Balaban J connectivity index is 2.17. The molecule has 3 nitrogen and oxygen atoms in total. The van der Waals surface area contributed by atoms with Crippen LogP contribution in [0.2, 0.25) is 5.02 Å². The lowest BCUT2D eigenvalue weighted by atomic mass is 10.3. The molecule has 1 heterocycles. The Morgan fingerprint density at radius 2 is 2.36 bits per heavy atom. The Kier molecular flexibility index (Phi) is 2.68. The van der Waals surface area contributed by atoms with Crippen LogP contribution in [0, 0.1) is 0 Å². The van der Waals surface area contributed by atoms with Crippen LogP contribution in [0.1, 0.15) is 12.8 Å². The number of hydrogen-bond acceptors (Lipinski definition) is 3. The molecule has 0 atom stereocenters. The molecule has 76 valence electrons. The highest BCUT2D eigenvalue weighted by atomic mass is 79.9. The Morgan fingerprint density at radius 3 is 2.86 bits per heavy atom. The van der Waals surface area contributed by atoms with E-state index in [2.05, 4.69) is 26.2 Å². The van der Waals surface area contributed by atoms with Crippen LogP contribution >= 0.6 is 27.5 Å². The number of aliphatic hydroxyl groups excluding tert-OH is 1. The van der Waals surface area contributed by atoms with E-state index in [0.29, 0.717) is 5.02 Å². The second-order valence-corrected chi connectivity index (χ2v) is 4.84. The molecule has 0 bridgehead atoms. The van der Waals surface area contributed by atoms with Crippen LogP contribution in [-0.4, -0.2) is 22.2 Å². The highest BCUT2D eigenvalue weighted by molar-refractivity contribution is 9.10. The van der Waals surface area contributed by atoms with Gasteiger partial charge in [-0.2, -0.15) is 0 Å². The number of aliphatic hydroxyl groups is 1. The number of hydrogen-bond donors (Lipinski definition) is 2.